The largest absolute Gasteiger partial charge is 0.353 e. The number of likely N-dealkylation sites (tertiary alicyclic amines) is 1. The Morgan fingerprint density at radius 3 is 2.90 bits per heavy atom. The molecule has 1 aliphatic rings. The molecule has 1 unspecified atom stereocenters. The summed E-state index contributed by atoms with van der Waals surface area (Å²) in [6.07, 6.45) is 3.91. The van der Waals surface area contributed by atoms with E-state index in [9.17, 15) is 4.39 Å². The van der Waals surface area contributed by atoms with Gasteiger partial charge in [-0.15, -0.1) is 40.8 Å². The number of guanidine groups is 1. The topological polar surface area (TPSA) is 70.4 Å². The van der Waals surface area contributed by atoms with Crippen molar-refractivity contribution in [2.24, 2.45) is 12.0 Å². The molecular formula is C21H30ClFIN7. The summed E-state index contributed by atoms with van der Waals surface area (Å²) in [5.74, 6) is 2.08. The fourth-order valence-electron chi connectivity index (χ4n) is 3.46. The predicted octanol–water partition coefficient (Wildman–Crippen LogP) is 3.42. The molecule has 31 heavy (non-hydrogen) atoms. The second-order valence-corrected chi connectivity index (χ2v) is 7.92. The lowest BCUT2D eigenvalue weighted by Crippen LogP contribution is -2.51. The minimum Gasteiger partial charge on any atom is -0.353 e. The molecule has 1 atom stereocenters. The highest BCUT2D eigenvalue weighted by molar-refractivity contribution is 14.0. The van der Waals surface area contributed by atoms with Crippen molar-refractivity contribution in [2.75, 3.05) is 19.6 Å². The van der Waals surface area contributed by atoms with Crippen LogP contribution in [0.15, 0.2) is 35.8 Å². The second-order valence-electron chi connectivity index (χ2n) is 7.51. The number of benzene rings is 1. The molecule has 0 spiro atoms. The van der Waals surface area contributed by atoms with Crippen LogP contribution in [0.2, 0.25) is 5.02 Å². The zero-order valence-corrected chi connectivity index (χ0v) is 21.0. The van der Waals surface area contributed by atoms with Gasteiger partial charge in [0.05, 0.1) is 0 Å². The van der Waals surface area contributed by atoms with Crippen LogP contribution in [0.25, 0.3) is 0 Å². The summed E-state index contributed by atoms with van der Waals surface area (Å²) in [5.41, 5.74) is 0.940. The van der Waals surface area contributed by atoms with Crippen molar-refractivity contribution in [3.63, 3.8) is 0 Å². The number of nitrogens with zero attached hydrogens (tertiary/aromatic N) is 5. The summed E-state index contributed by atoms with van der Waals surface area (Å²) < 4.78 is 15.2. The Hall–Kier alpha value is -1.72. The van der Waals surface area contributed by atoms with Crippen molar-refractivity contribution < 1.29 is 4.39 Å². The number of aliphatic imine (C=N–C) groups is 1. The molecule has 7 nitrogen and oxygen atoms in total. The van der Waals surface area contributed by atoms with Crippen molar-refractivity contribution in [3.05, 3.63) is 58.9 Å². The summed E-state index contributed by atoms with van der Waals surface area (Å²) in [5, 5.41) is 15.5. The molecule has 1 saturated heterocycles. The number of halogens is 3. The fraction of sp³-hybridized carbons (Fsp3) is 0.476. The molecular weight excluding hydrogens is 532 g/mol. The Balaban J connectivity index is 0.00000341. The molecule has 2 heterocycles. The minimum atomic E-state index is -0.311. The zero-order chi connectivity index (χ0) is 21.5. The summed E-state index contributed by atoms with van der Waals surface area (Å²) in [6.45, 7) is 9.27. The van der Waals surface area contributed by atoms with Crippen molar-refractivity contribution >= 4 is 41.5 Å². The molecule has 1 aliphatic heterocycles. The first-order valence-electron chi connectivity index (χ1n) is 10.1. The lowest BCUT2D eigenvalue weighted by atomic mass is 10.0. The van der Waals surface area contributed by atoms with Gasteiger partial charge < -0.3 is 15.2 Å². The van der Waals surface area contributed by atoms with E-state index in [-0.39, 0.29) is 35.8 Å². The number of hydrogen-bond donors (Lipinski definition) is 2. The van der Waals surface area contributed by atoms with Crippen LogP contribution in [0.3, 0.4) is 0 Å². The average molecular weight is 562 g/mol. The Labute approximate surface area is 205 Å². The van der Waals surface area contributed by atoms with Crippen molar-refractivity contribution in [2.45, 2.75) is 38.9 Å². The molecule has 2 aromatic rings. The van der Waals surface area contributed by atoms with Gasteiger partial charge >= 0.3 is 0 Å². The minimum absolute atomic E-state index is 0. The smallest absolute Gasteiger partial charge is 0.192 e. The van der Waals surface area contributed by atoms with E-state index in [1.807, 2.05) is 18.5 Å². The Morgan fingerprint density at radius 1 is 1.42 bits per heavy atom. The third-order valence-corrected chi connectivity index (χ3v) is 5.58. The van der Waals surface area contributed by atoms with Gasteiger partial charge in [0.15, 0.2) is 11.8 Å². The summed E-state index contributed by atoms with van der Waals surface area (Å²) in [6, 6.07) is 4.83. The van der Waals surface area contributed by atoms with Gasteiger partial charge in [-0.25, -0.2) is 9.38 Å². The van der Waals surface area contributed by atoms with Crippen LogP contribution in [-0.4, -0.2) is 51.3 Å². The van der Waals surface area contributed by atoms with Crippen LogP contribution < -0.4 is 10.6 Å². The molecule has 3 rings (SSSR count). The Kier molecular flexibility index (Phi) is 10.2. The monoisotopic (exact) mass is 561 g/mol. The standard InChI is InChI=1S/C21H29ClFN7.HI/c1-4-9-24-21(25-12-20-28-27-15(2)29(20)3)26-18-6-5-10-30(14-18)13-16-7-8-17(23)11-19(16)22;/h4,7-8,11,18H,1,5-6,9-10,12-14H2,2-3H3,(H2,24,25,26);1H. The number of rotatable bonds is 7. The maximum atomic E-state index is 13.3. The van der Waals surface area contributed by atoms with E-state index in [0.717, 1.165) is 49.1 Å². The quantitative estimate of drug-likeness (QED) is 0.235. The average Bonchev–Trinajstić information content (AvgIpc) is 3.04. The molecule has 1 aromatic carbocycles. The van der Waals surface area contributed by atoms with Gasteiger partial charge in [0.1, 0.15) is 18.2 Å². The van der Waals surface area contributed by atoms with Crippen LogP contribution in [0, 0.1) is 12.7 Å². The first-order valence-corrected chi connectivity index (χ1v) is 10.5. The Bertz CT molecular complexity index is 902. The molecule has 0 radical (unpaired) electrons. The van der Waals surface area contributed by atoms with Crippen LogP contribution in [0.1, 0.15) is 30.1 Å². The van der Waals surface area contributed by atoms with Crippen LogP contribution in [0.5, 0.6) is 0 Å². The van der Waals surface area contributed by atoms with Gasteiger partial charge in [-0.05, 0) is 44.0 Å². The number of nitrogens with one attached hydrogen (secondary N) is 2. The van der Waals surface area contributed by atoms with Crippen molar-refractivity contribution in [1.82, 2.24) is 30.3 Å². The van der Waals surface area contributed by atoms with Gasteiger partial charge in [0.2, 0.25) is 0 Å². The normalized spacial score (nSPS) is 17.2. The molecule has 2 N–H and O–H groups in total. The van der Waals surface area contributed by atoms with E-state index in [1.165, 1.54) is 12.1 Å². The number of hydrogen-bond acceptors (Lipinski definition) is 4. The van der Waals surface area contributed by atoms with Gasteiger partial charge in [-0.2, -0.15) is 0 Å². The summed E-state index contributed by atoms with van der Waals surface area (Å²) in [4.78, 5) is 7.01. The first kappa shape index (κ1) is 25.5. The molecule has 1 fully saturated rings. The van der Waals surface area contributed by atoms with Crippen LogP contribution >= 0.6 is 35.6 Å². The van der Waals surface area contributed by atoms with E-state index >= 15 is 0 Å². The van der Waals surface area contributed by atoms with E-state index in [4.69, 9.17) is 11.6 Å². The maximum absolute atomic E-state index is 13.3. The van der Waals surface area contributed by atoms with Crippen molar-refractivity contribution in [3.8, 4) is 0 Å². The third kappa shape index (κ3) is 7.43. The lowest BCUT2D eigenvalue weighted by molar-refractivity contribution is 0.192. The first-order chi connectivity index (χ1) is 14.5. The van der Waals surface area contributed by atoms with Crippen molar-refractivity contribution in [1.29, 1.82) is 0 Å². The number of aryl methyl sites for hydroxylation is 1. The molecule has 10 heteroatoms. The van der Waals surface area contributed by atoms with Crippen LogP contribution in [0.4, 0.5) is 4.39 Å². The molecule has 0 bridgehead atoms. The van der Waals surface area contributed by atoms with E-state index in [2.05, 4.69) is 37.3 Å². The van der Waals surface area contributed by atoms with Gasteiger partial charge in [0, 0.05) is 37.7 Å². The lowest BCUT2D eigenvalue weighted by Gasteiger charge is -2.34. The van der Waals surface area contributed by atoms with Gasteiger partial charge in [0.25, 0.3) is 0 Å². The summed E-state index contributed by atoms with van der Waals surface area (Å²) in [7, 11) is 1.93. The van der Waals surface area contributed by atoms with E-state index in [0.29, 0.717) is 24.7 Å². The fourth-order valence-corrected chi connectivity index (χ4v) is 3.69. The second kappa shape index (κ2) is 12.4. The molecule has 1 aromatic heterocycles. The predicted molar refractivity (Wildman–Crippen MR) is 133 cm³/mol. The maximum Gasteiger partial charge on any atom is 0.192 e. The number of piperidine rings is 1. The van der Waals surface area contributed by atoms with Crippen LogP contribution in [-0.2, 0) is 20.1 Å². The van der Waals surface area contributed by atoms with E-state index in [1.54, 1.807) is 12.1 Å². The highest BCUT2D eigenvalue weighted by Gasteiger charge is 2.21. The van der Waals surface area contributed by atoms with Gasteiger partial charge in [-0.3, -0.25) is 4.90 Å². The molecule has 0 amide bonds. The highest BCUT2D eigenvalue weighted by atomic mass is 127. The highest BCUT2D eigenvalue weighted by Crippen LogP contribution is 2.21. The number of aromatic nitrogens is 3. The van der Waals surface area contributed by atoms with E-state index < -0.39 is 0 Å². The zero-order valence-electron chi connectivity index (χ0n) is 17.9. The third-order valence-electron chi connectivity index (χ3n) is 5.23. The summed E-state index contributed by atoms with van der Waals surface area (Å²) >= 11 is 6.21. The molecule has 0 saturated carbocycles. The SMILES string of the molecule is C=CCNC(=NCc1nnc(C)n1C)NC1CCCN(Cc2ccc(F)cc2Cl)C1.I. The molecule has 0 aliphatic carbocycles. The molecule has 170 valence electrons. The Morgan fingerprint density at radius 2 is 2.23 bits per heavy atom. The van der Waals surface area contributed by atoms with Gasteiger partial charge in [-0.1, -0.05) is 23.7 Å².